The number of aromatic hydroxyl groups is 1. The number of halogens is 4. The van der Waals surface area contributed by atoms with E-state index >= 15 is 0 Å². The zero-order chi connectivity index (χ0) is 18.6. The van der Waals surface area contributed by atoms with Gasteiger partial charge < -0.3 is 9.84 Å². The summed E-state index contributed by atoms with van der Waals surface area (Å²) in [4.78, 5) is 11.8. The summed E-state index contributed by atoms with van der Waals surface area (Å²) in [5.74, 6) is 0.166. The van der Waals surface area contributed by atoms with Crippen molar-refractivity contribution in [2.45, 2.75) is 6.92 Å². The minimum Gasteiger partial charge on any atom is -0.506 e. The second-order valence-electron chi connectivity index (χ2n) is 4.91. The summed E-state index contributed by atoms with van der Waals surface area (Å²) >= 11 is 15.8. The van der Waals surface area contributed by atoms with Gasteiger partial charge in [0.15, 0.2) is 6.61 Å². The lowest BCUT2D eigenvalue weighted by Crippen LogP contribution is -2.24. The third-order valence-electron chi connectivity index (χ3n) is 3.06. The number of rotatable bonds is 5. The summed E-state index contributed by atoms with van der Waals surface area (Å²) in [7, 11) is 0. The molecule has 9 heteroatoms. The number of hydrogen-bond acceptors (Lipinski definition) is 4. The summed E-state index contributed by atoms with van der Waals surface area (Å²) < 4.78 is 7.04. The van der Waals surface area contributed by atoms with E-state index in [0.29, 0.717) is 29.8 Å². The Labute approximate surface area is 174 Å². The number of nitrogens with zero attached hydrogens (tertiary/aromatic N) is 1. The Morgan fingerprint density at radius 1 is 1.32 bits per heavy atom. The van der Waals surface area contributed by atoms with Crippen molar-refractivity contribution in [1.29, 1.82) is 0 Å². The zero-order valence-electron chi connectivity index (χ0n) is 12.8. The van der Waals surface area contributed by atoms with Gasteiger partial charge in [0.25, 0.3) is 5.91 Å². The third-order valence-corrected chi connectivity index (χ3v) is 5.55. The van der Waals surface area contributed by atoms with Crippen LogP contribution in [0.5, 0.6) is 11.5 Å². The molecule has 0 heterocycles. The number of nitrogens with one attached hydrogen (secondary N) is 1. The number of carbonyl (C=O) groups excluding carboxylic acids is 1. The monoisotopic (exact) mass is 552 g/mol. The van der Waals surface area contributed by atoms with Crippen LogP contribution < -0.4 is 10.2 Å². The Balaban J connectivity index is 1.95. The van der Waals surface area contributed by atoms with E-state index in [2.05, 4.69) is 58.3 Å². The number of phenols is 1. The predicted molar refractivity (Wildman–Crippen MR) is 109 cm³/mol. The molecule has 132 valence electrons. The van der Waals surface area contributed by atoms with Gasteiger partial charge in [-0.3, -0.25) is 4.79 Å². The third kappa shape index (κ3) is 5.44. The number of amides is 1. The number of carbonyl (C=O) groups is 1. The molecule has 2 aromatic carbocycles. The fraction of sp³-hybridized carbons (Fsp3) is 0.125. The van der Waals surface area contributed by atoms with Crippen molar-refractivity contribution in [3.8, 4) is 11.5 Å². The molecule has 1 amide bonds. The van der Waals surface area contributed by atoms with Crippen molar-refractivity contribution in [1.82, 2.24) is 5.43 Å². The standard InChI is InChI=1S/C16H12Br3ClN2O3/c1-8-4-9(2-3-13(8)20)25-7-14(23)22-21-6-10-11(17)5-12(18)16(24)15(10)19/h2-6,24H,7H2,1H3,(H,22,23)/b21-6+. The predicted octanol–water partition coefficient (Wildman–Crippen LogP) is 5.17. The molecule has 0 saturated heterocycles. The first-order chi connectivity index (χ1) is 11.8. The highest BCUT2D eigenvalue weighted by Crippen LogP contribution is 2.38. The fourth-order valence-electron chi connectivity index (χ4n) is 1.77. The quantitative estimate of drug-likeness (QED) is 0.395. The Hall–Kier alpha value is -1.09. The average molecular weight is 555 g/mol. The molecule has 25 heavy (non-hydrogen) atoms. The van der Waals surface area contributed by atoms with Crippen LogP contribution in [-0.4, -0.2) is 23.8 Å². The second kappa shape index (κ2) is 9.02. The van der Waals surface area contributed by atoms with Gasteiger partial charge in [-0.15, -0.1) is 0 Å². The molecule has 0 aliphatic carbocycles. The van der Waals surface area contributed by atoms with Gasteiger partial charge in [-0.05, 0) is 68.6 Å². The number of hydrazone groups is 1. The summed E-state index contributed by atoms with van der Waals surface area (Å²) in [6, 6.07) is 6.81. The fourth-order valence-corrected chi connectivity index (χ4v) is 4.21. The Bertz CT molecular complexity index is 844. The van der Waals surface area contributed by atoms with Gasteiger partial charge in [-0.25, -0.2) is 5.43 Å². The molecule has 0 bridgehead atoms. The average Bonchev–Trinajstić information content (AvgIpc) is 2.57. The maximum atomic E-state index is 11.8. The summed E-state index contributed by atoms with van der Waals surface area (Å²) in [5, 5.41) is 14.4. The largest absolute Gasteiger partial charge is 0.506 e. The first-order valence-corrected chi connectivity index (χ1v) is 9.62. The van der Waals surface area contributed by atoms with Crippen LogP contribution in [0.15, 0.2) is 42.8 Å². The van der Waals surface area contributed by atoms with E-state index in [1.54, 1.807) is 24.3 Å². The van der Waals surface area contributed by atoms with Crippen LogP contribution in [0, 0.1) is 6.92 Å². The van der Waals surface area contributed by atoms with Gasteiger partial charge in [-0.1, -0.05) is 27.5 Å². The van der Waals surface area contributed by atoms with E-state index < -0.39 is 5.91 Å². The van der Waals surface area contributed by atoms with Crippen molar-refractivity contribution in [3.05, 3.63) is 53.8 Å². The van der Waals surface area contributed by atoms with Crippen LogP contribution in [0.25, 0.3) is 0 Å². The first-order valence-electron chi connectivity index (χ1n) is 6.87. The Kier molecular flexibility index (Phi) is 7.30. The number of hydrogen-bond donors (Lipinski definition) is 2. The molecule has 0 atom stereocenters. The normalized spacial score (nSPS) is 10.9. The molecular weight excluding hydrogens is 543 g/mol. The summed E-state index contributed by atoms with van der Waals surface area (Å²) in [6.07, 6.45) is 1.41. The van der Waals surface area contributed by atoms with Crippen molar-refractivity contribution < 1.29 is 14.6 Å². The van der Waals surface area contributed by atoms with Crippen molar-refractivity contribution in [2.75, 3.05) is 6.61 Å². The van der Waals surface area contributed by atoms with E-state index in [-0.39, 0.29) is 12.4 Å². The molecule has 2 rings (SSSR count). The molecule has 0 saturated carbocycles. The highest BCUT2D eigenvalue weighted by atomic mass is 79.9. The smallest absolute Gasteiger partial charge is 0.277 e. The van der Waals surface area contributed by atoms with Crippen molar-refractivity contribution in [2.24, 2.45) is 5.10 Å². The van der Waals surface area contributed by atoms with Crippen LogP contribution >= 0.6 is 59.4 Å². The van der Waals surface area contributed by atoms with Crippen LogP contribution in [0.2, 0.25) is 5.02 Å². The maximum absolute atomic E-state index is 11.8. The van der Waals surface area contributed by atoms with Crippen LogP contribution in [0.1, 0.15) is 11.1 Å². The van der Waals surface area contributed by atoms with Gasteiger partial charge in [0.2, 0.25) is 0 Å². The lowest BCUT2D eigenvalue weighted by atomic mass is 10.2. The van der Waals surface area contributed by atoms with Crippen LogP contribution in [0.3, 0.4) is 0 Å². The zero-order valence-corrected chi connectivity index (χ0v) is 18.3. The number of phenolic OH excluding ortho intramolecular Hbond substituents is 1. The van der Waals surface area contributed by atoms with Gasteiger partial charge >= 0.3 is 0 Å². The van der Waals surface area contributed by atoms with E-state index in [4.69, 9.17) is 16.3 Å². The second-order valence-corrected chi connectivity index (χ2v) is 7.82. The topological polar surface area (TPSA) is 70.9 Å². The van der Waals surface area contributed by atoms with Crippen molar-refractivity contribution >= 4 is 71.5 Å². The molecule has 5 nitrogen and oxygen atoms in total. The number of aryl methyl sites for hydroxylation is 1. The summed E-state index contributed by atoms with van der Waals surface area (Å²) in [6.45, 7) is 1.66. The minimum absolute atomic E-state index is 0.0393. The molecule has 0 unspecified atom stereocenters. The van der Waals surface area contributed by atoms with Crippen LogP contribution in [0.4, 0.5) is 0 Å². The van der Waals surface area contributed by atoms with Crippen molar-refractivity contribution in [3.63, 3.8) is 0 Å². The molecule has 0 radical (unpaired) electrons. The molecule has 0 aromatic heterocycles. The van der Waals surface area contributed by atoms with E-state index in [0.717, 1.165) is 5.56 Å². The molecule has 0 aliphatic rings. The molecule has 0 aliphatic heterocycles. The lowest BCUT2D eigenvalue weighted by molar-refractivity contribution is -0.123. The minimum atomic E-state index is -0.419. The number of ether oxygens (including phenoxy) is 1. The van der Waals surface area contributed by atoms with E-state index in [9.17, 15) is 9.90 Å². The molecular formula is C16H12Br3ClN2O3. The Morgan fingerprint density at radius 3 is 2.72 bits per heavy atom. The van der Waals surface area contributed by atoms with Gasteiger partial charge in [-0.2, -0.15) is 5.10 Å². The van der Waals surface area contributed by atoms with Gasteiger partial charge in [0, 0.05) is 15.1 Å². The summed E-state index contributed by atoms with van der Waals surface area (Å²) in [5.41, 5.74) is 3.80. The van der Waals surface area contributed by atoms with Gasteiger partial charge in [0.1, 0.15) is 11.5 Å². The SMILES string of the molecule is Cc1cc(OCC(=O)N/N=C/c2c(Br)cc(Br)c(O)c2Br)ccc1Cl. The molecule has 0 fully saturated rings. The van der Waals surface area contributed by atoms with Gasteiger partial charge in [0.05, 0.1) is 15.2 Å². The maximum Gasteiger partial charge on any atom is 0.277 e. The lowest BCUT2D eigenvalue weighted by Gasteiger charge is -2.08. The molecule has 2 aromatic rings. The van der Waals surface area contributed by atoms with Crippen LogP contribution in [-0.2, 0) is 4.79 Å². The molecule has 2 N–H and O–H groups in total. The number of benzene rings is 2. The van der Waals surface area contributed by atoms with E-state index in [1.165, 1.54) is 6.21 Å². The molecule has 0 spiro atoms. The van der Waals surface area contributed by atoms with E-state index in [1.807, 2.05) is 6.92 Å². The first kappa shape index (κ1) is 20.2. The Morgan fingerprint density at radius 2 is 2.04 bits per heavy atom. The highest BCUT2D eigenvalue weighted by Gasteiger charge is 2.12. The highest BCUT2D eigenvalue weighted by molar-refractivity contribution is 9.11.